The first-order valence-electron chi connectivity index (χ1n) is 10.3. The van der Waals surface area contributed by atoms with Crippen LogP contribution in [0.25, 0.3) is 0 Å². The minimum absolute atomic E-state index is 0.0924. The van der Waals surface area contributed by atoms with E-state index in [1.807, 2.05) is 4.90 Å². The molecule has 1 aromatic carbocycles. The summed E-state index contributed by atoms with van der Waals surface area (Å²) in [7, 11) is 1.36. The van der Waals surface area contributed by atoms with E-state index in [9.17, 15) is 9.59 Å². The number of ether oxygens (including phenoxy) is 1. The maximum absolute atomic E-state index is 12.2. The Kier molecular flexibility index (Phi) is 7.27. The van der Waals surface area contributed by atoms with Crippen LogP contribution in [0.15, 0.2) is 30.3 Å². The lowest BCUT2D eigenvalue weighted by molar-refractivity contribution is -0.144. The summed E-state index contributed by atoms with van der Waals surface area (Å²) < 4.78 is 4.62. The van der Waals surface area contributed by atoms with Gasteiger partial charge in [0.1, 0.15) is 0 Å². The van der Waals surface area contributed by atoms with Crippen molar-refractivity contribution < 1.29 is 14.3 Å². The van der Waals surface area contributed by atoms with E-state index in [4.69, 9.17) is 0 Å². The standard InChI is InChI=1S/C22H32N2O3/c1-27-22(26)8-7-21(25)24-15-11-19(12-16-24)20-10-14-23(17-20)13-9-18-5-3-2-4-6-18/h2-6,19-20H,7-17H2,1H3. The lowest BCUT2D eigenvalue weighted by atomic mass is 9.83. The molecule has 5 heteroatoms. The molecular weight excluding hydrogens is 340 g/mol. The van der Waals surface area contributed by atoms with Gasteiger partial charge in [-0.15, -0.1) is 0 Å². The Morgan fingerprint density at radius 2 is 1.70 bits per heavy atom. The molecule has 0 spiro atoms. The minimum atomic E-state index is -0.306. The number of methoxy groups -OCH3 is 1. The SMILES string of the molecule is COC(=O)CCC(=O)N1CCC(C2CCN(CCc3ccccc3)C2)CC1. The Bertz CT molecular complexity index is 611. The van der Waals surface area contributed by atoms with Crippen molar-refractivity contribution >= 4 is 11.9 Å². The summed E-state index contributed by atoms with van der Waals surface area (Å²) in [6, 6.07) is 10.7. The fourth-order valence-electron chi connectivity index (χ4n) is 4.47. The molecule has 0 bridgehead atoms. The second kappa shape index (κ2) is 9.88. The van der Waals surface area contributed by atoms with Crippen LogP contribution in [0.3, 0.4) is 0 Å². The number of likely N-dealkylation sites (tertiary alicyclic amines) is 2. The molecule has 2 fully saturated rings. The zero-order valence-electron chi connectivity index (χ0n) is 16.4. The normalized spacial score (nSPS) is 21.4. The lowest BCUT2D eigenvalue weighted by Crippen LogP contribution is -2.40. The van der Waals surface area contributed by atoms with E-state index in [2.05, 4.69) is 40.0 Å². The molecule has 3 rings (SSSR count). The van der Waals surface area contributed by atoms with E-state index >= 15 is 0 Å². The molecule has 0 radical (unpaired) electrons. The van der Waals surface area contributed by atoms with Crippen LogP contribution in [-0.4, -0.2) is 61.5 Å². The predicted octanol–water partition coefficient (Wildman–Crippen LogP) is 2.74. The molecule has 0 aromatic heterocycles. The fraction of sp³-hybridized carbons (Fsp3) is 0.636. The van der Waals surface area contributed by atoms with Gasteiger partial charge in [0.15, 0.2) is 0 Å². The van der Waals surface area contributed by atoms with Gasteiger partial charge in [-0.1, -0.05) is 30.3 Å². The molecule has 5 nitrogen and oxygen atoms in total. The maximum atomic E-state index is 12.2. The van der Waals surface area contributed by atoms with Crippen LogP contribution in [0.1, 0.15) is 37.7 Å². The number of piperidine rings is 1. The number of rotatable bonds is 7. The average Bonchev–Trinajstić information content (AvgIpc) is 3.20. The van der Waals surface area contributed by atoms with Crippen molar-refractivity contribution in [2.75, 3.05) is 39.8 Å². The summed E-state index contributed by atoms with van der Waals surface area (Å²) in [6.45, 7) is 5.23. The summed E-state index contributed by atoms with van der Waals surface area (Å²) in [4.78, 5) is 28.0. The molecular formula is C22H32N2O3. The summed E-state index contributed by atoms with van der Waals surface area (Å²) in [5.41, 5.74) is 1.42. The zero-order chi connectivity index (χ0) is 19.1. The van der Waals surface area contributed by atoms with E-state index in [1.54, 1.807) is 0 Å². The van der Waals surface area contributed by atoms with Crippen LogP contribution in [0.2, 0.25) is 0 Å². The molecule has 2 heterocycles. The smallest absolute Gasteiger partial charge is 0.306 e. The molecule has 148 valence electrons. The Labute approximate surface area is 162 Å². The molecule has 1 unspecified atom stereocenters. The van der Waals surface area contributed by atoms with E-state index in [0.29, 0.717) is 0 Å². The Balaban J connectivity index is 1.36. The van der Waals surface area contributed by atoms with Gasteiger partial charge in [0, 0.05) is 32.6 Å². The van der Waals surface area contributed by atoms with Crippen molar-refractivity contribution in [3.8, 4) is 0 Å². The monoisotopic (exact) mass is 372 g/mol. The van der Waals surface area contributed by atoms with Crippen molar-refractivity contribution in [2.24, 2.45) is 11.8 Å². The average molecular weight is 373 g/mol. The van der Waals surface area contributed by atoms with Gasteiger partial charge in [-0.2, -0.15) is 0 Å². The number of carbonyl (C=O) groups excluding carboxylic acids is 2. The second-order valence-electron chi connectivity index (χ2n) is 7.88. The third-order valence-corrected chi connectivity index (χ3v) is 6.20. The van der Waals surface area contributed by atoms with Gasteiger partial charge in [0.25, 0.3) is 0 Å². The highest BCUT2D eigenvalue weighted by molar-refractivity contribution is 5.81. The Morgan fingerprint density at radius 3 is 2.41 bits per heavy atom. The van der Waals surface area contributed by atoms with Crippen LogP contribution in [0.4, 0.5) is 0 Å². The number of esters is 1. The van der Waals surface area contributed by atoms with E-state index in [1.165, 1.54) is 32.2 Å². The van der Waals surface area contributed by atoms with Gasteiger partial charge in [0.05, 0.1) is 13.5 Å². The zero-order valence-corrected chi connectivity index (χ0v) is 16.4. The van der Waals surface area contributed by atoms with Crippen molar-refractivity contribution in [1.29, 1.82) is 0 Å². The van der Waals surface area contributed by atoms with Gasteiger partial charge < -0.3 is 14.5 Å². The molecule has 2 aliphatic heterocycles. The van der Waals surface area contributed by atoms with Crippen LogP contribution < -0.4 is 0 Å². The Morgan fingerprint density at radius 1 is 1.00 bits per heavy atom. The van der Waals surface area contributed by atoms with Crippen molar-refractivity contribution in [3.63, 3.8) is 0 Å². The molecule has 0 saturated carbocycles. The number of hydrogen-bond donors (Lipinski definition) is 0. The van der Waals surface area contributed by atoms with Gasteiger partial charge in [-0.25, -0.2) is 0 Å². The number of benzene rings is 1. The number of amides is 1. The van der Waals surface area contributed by atoms with Gasteiger partial charge in [-0.05, 0) is 49.6 Å². The van der Waals surface area contributed by atoms with Gasteiger partial charge in [0.2, 0.25) is 5.91 Å². The third kappa shape index (κ3) is 5.80. The summed E-state index contributed by atoms with van der Waals surface area (Å²) in [5, 5.41) is 0. The first kappa shape index (κ1) is 19.9. The molecule has 0 aliphatic carbocycles. The van der Waals surface area contributed by atoms with Crippen LogP contribution >= 0.6 is 0 Å². The van der Waals surface area contributed by atoms with Crippen molar-refractivity contribution in [2.45, 2.75) is 38.5 Å². The topological polar surface area (TPSA) is 49.9 Å². The summed E-state index contributed by atoms with van der Waals surface area (Å²) in [5.74, 6) is 1.29. The van der Waals surface area contributed by atoms with Crippen LogP contribution in [0.5, 0.6) is 0 Å². The summed E-state index contributed by atoms with van der Waals surface area (Å²) >= 11 is 0. The number of nitrogens with zero attached hydrogens (tertiary/aromatic N) is 2. The minimum Gasteiger partial charge on any atom is -0.469 e. The molecule has 1 amide bonds. The van der Waals surface area contributed by atoms with Crippen LogP contribution in [-0.2, 0) is 20.7 Å². The fourth-order valence-corrected chi connectivity index (χ4v) is 4.47. The highest BCUT2D eigenvalue weighted by Gasteiger charge is 2.32. The lowest BCUT2D eigenvalue weighted by Gasteiger charge is -2.35. The second-order valence-corrected chi connectivity index (χ2v) is 7.88. The number of carbonyl (C=O) groups is 2. The Hall–Kier alpha value is -1.88. The quantitative estimate of drug-likeness (QED) is 0.691. The molecule has 1 aromatic rings. The maximum Gasteiger partial charge on any atom is 0.306 e. The van der Waals surface area contributed by atoms with E-state index < -0.39 is 0 Å². The van der Waals surface area contributed by atoms with Gasteiger partial charge >= 0.3 is 5.97 Å². The van der Waals surface area contributed by atoms with Crippen LogP contribution in [0, 0.1) is 11.8 Å². The van der Waals surface area contributed by atoms with Gasteiger partial charge in [-0.3, -0.25) is 9.59 Å². The molecule has 2 saturated heterocycles. The van der Waals surface area contributed by atoms with Crippen molar-refractivity contribution in [1.82, 2.24) is 9.80 Å². The summed E-state index contributed by atoms with van der Waals surface area (Å²) in [6.07, 6.45) is 5.07. The van der Waals surface area contributed by atoms with Crippen molar-refractivity contribution in [3.05, 3.63) is 35.9 Å². The first-order chi connectivity index (χ1) is 13.2. The molecule has 2 aliphatic rings. The molecule has 1 atom stereocenters. The third-order valence-electron chi connectivity index (χ3n) is 6.20. The van der Waals surface area contributed by atoms with E-state index in [-0.39, 0.29) is 24.7 Å². The predicted molar refractivity (Wildman–Crippen MR) is 105 cm³/mol. The molecule has 27 heavy (non-hydrogen) atoms. The highest BCUT2D eigenvalue weighted by atomic mass is 16.5. The number of hydrogen-bond acceptors (Lipinski definition) is 4. The molecule has 0 N–H and O–H groups in total. The highest BCUT2D eigenvalue weighted by Crippen LogP contribution is 2.32. The largest absolute Gasteiger partial charge is 0.469 e. The first-order valence-corrected chi connectivity index (χ1v) is 10.3. The van der Waals surface area contributed by atoms with E-state index in [0.717, 1.165) is 50.7 Å².